The lowest BCUT2D eigenvalue weighted by Crippen LogP contribution is -2.11. The second-order valence-electron chi connectivity index (χ2n) is 5.07. The average Bonchev–Trinajstić information content (AvgIpc) is 2.46. The molecule has 0 saturated carbocycles. The van der Waals surface area contributed by atoms with E-state index < -0.39 is 0 Å². The number of hydrogen-bond acceptors (Lipinski definition) is 1. The van der Waals surface area contributed by atoms with E-state index in [0.29, 0.717) is 6.04 Å². The molecule has 0 aromatic heterocycles. The van der Waals surface area contributed by atoms with Crippen molar-refractivity contribution in [3.8, 4) is 0 Å². The zero-order chi connectivity index (χ0) is 14.4. The number of halogens is 1. The van der Waals surface area contributed by atoms with Crippen LogP contribution in [0.1, 0.15) is 43.9 Å². The Labute approximate surface area is 127 Å². The van der Waals surface area contributed by atoms with Crippen LogP contribution in [-0.2, 0) is 6.42 Å². The van der Waals surface area contributed by atoms with Crippen molar-refractivity contribution in [3.63, 3.8) is 0 Å². The molecule has 0 radical (unpaired) electrons. The standard InChI is InChI=1S/C18H22ClN/c1-3-8-14-9-5-6-12-18(14)20-17(4-2)15-10-7-11-16(19)13-15/h5-7,9-13,17,20H,3-4,8H2,1-2H3. The maximum absolute atomic E-state index is 6.10. The summed E-state index contributed by atoms with van der Waals surface area (Å²) in [6, 6.07) is 17.0. The fourth-order valence-electron chi connectivity index (χ4n) is 2.48. The van der Waals surface area contributed by atoms with Crippen LogP contribution in [0.2, 0.25) is 5.02 Å². The first-order valence-corrected chi connectivity index (χ1v) is 7.72. The van der Waals surface area contributed by atoms with Crippen LogP contribution in [0.3, 0.4) is 0 Å². The van der Waals surface area contributed by atoms with E-state index in [2.05, 4.69) is 49.5 Å². The summed E-state index contributed by atoms with van der Waals surface area (Å²) in [6.07, 6.45) is 3.29. The van der Waals surface area contributed by atoms with Crippen LogP contribution >= 0.6 is 11.6 Å². The molecule has 2 aromatic carbocycles. The summed E-state index contributed by atoms with van der Waals surface area (Å²) in [6.45, 7) is 4.41. The maximum Gasteiger partial charge on any atom is 0.0511 e. The fraction of sp³-hybridized carbons (Fsp3) is 0.333. The van der Waals surface area contributed by atoms with E-state index in [-0.39, 0.29) is 0 Å². The molecule has 106 valence electrons. The molecule has 1 N–H and O–H groups in total. The summed E-state index contributed by atoms with van der Waals surface area (Å²) in [4.78, 5) is 0. The third-order valence-corrected chi connectivity index (χ3v) is 3.76. The van der Waals surface area contributed by atoms with Gasteiger partial charge in [0.2, 0.25) is 0 Å². The van der Waals surface area contributed by atoms with Gasteiger partial charge in [-0.2, -0.15) is 0 Å². The lowest BCUT2D eigenvalue weighted by atomic mass is 10.0. The van der Waals surface area contributed by atoms with Gasteiger partial charge < -0.3 is 5.32 Å². The van der Waals surface area contributed by atoms with Gasteiger partial charge in [-0.15, -0.1) is 0 Å². The van der Waals surface area contributed by atoms with Gasteiger partial charge in [-0.25, -0.2) is 0 Å². The summed E-state index contributed by atoms with van der Waals surface area (Å²) >= 11 is 6.10. The van der Waals surface area contributed by atoms with Gasteiger partial charge in [-0.1, -0.05) is 62.2 Å². The summed E-state index contributed by atoms with van der Waals surface area (Å²) in [5, 5.41) is 4.46. The number of para-hydroxylation sites is 1. The Bertz CT molecular complexity index is 551. The molecular formula is C18H22ClN. The summed E-state index contributed by atoms with van der Waals surface area (Å²) in [5.41, 5.74) is 3.86. The minimum atomic E-state index is 0.298. The van der Waals surface area contributed by atoms with Crippen molar-refractivity contribution in [2.75, 3.05) is 5.32 Å². The highest BCUT2D eigenvalue weighted by atomic mass is 35.5. The van der Waals surface area contributed by atoms with Crippen LogP contribution in [0.4, 0.5) is 5.69 Å². The minimum absolute atomic E-state index is 0.298. The normalized spacial score (nSPS) is 12.2. The Morgan fingerprint density at radius 3 is 2.55 bits per heavy atom. The van der Waals surface area contributed by atoms with Gasteiger partial charge in [-0.05, 0) is 42.2 Å². The first kappa shape index (κ1) is 14.9. The van der Waals surface area contributed by atoms with E-state index in [1.807, 2.05) is 18.2 Å². The van der Waals surface area contributed by atoms with Crippen molar-refractivity contribution >= 4 is 17.3 Å². The average molecular weight is 288 g/mol. The number of rotatable bonds is 6. The van der Waals surface area contributed by atoms with Gasteiger partial charge in [-0.3, -0.25) is 0 Å². The molecule has 2 heteroatoms. The summed E-state index contributed by atoms with van der Waals surface area (Å²) in [5.74, 6) is 0. The monoisotopic (exact) mass is 287 g/mol. The van der Waals surface area contributed by atoms with Crippen LogP contribution in [0.5, 0.6) is 0 Å². The van der Waals surface area contributed by atoms with E-state index >= 15 is 0 Å². The smallest absolute Gasteiger partial charge is 0.0511 e. The Morgan fingerprint density at radius 1 is 1.05 bits per heavy atom. The number of anilines is 1. The van der Waals surface area contributed by atoms with Gasteiger partial charge in [0.25, 0.3) is 0 Å². The topological polar surface area (TPSA) is 12.0 Å². The molecule has 0 fully saturated rings. The molecule has 0 amide bonds. The predicted molar refractivity (Wildman–Crippen MR) is 88.5 cm³/mol. The Morgan fingerprint density at radius 2 is 1.85 bits per heavy atom. The third-order valence-electron chi connectivity index (χ3n) is 3.53. The van der Waals surface area contributed by atoms with Crippen LogP contribution in [0, 0.1) is 0 Å². The van der Waals surface area contributed by atoms with Crippen LogP contribution in [-0.4, -0.2) is 0 Å². The quantitative estimate of drug-likeness (QED) is 0.702. The molecule has 0 aliphatic rings. The van der Waals surface area contributed by atoms with Crippen molar-refractivity contribution < 1.29 is 0 Å². The van der Waals surface area contributed by atoms with Gasteiger partial charge in [0.05, 0.1) is 6.04 Å². The minimum Gasteiger partial charge on any atom is -0.378 e. The molecule has 20 heavy (non-hydrogen) atoms. The molecule has 0 aliphatic heterocycles. The zero-order valence-electron chi connectivity index (χ0n) is 12.2. The Balaban J connectivity index is 2.22. The van der Waals surface area contributed by atoms with E-state index in [1.54, 1.807) is 0 Å². The Kier molecular flexibility index (Phi) is 5.49. The van der Waals surface area contributed by atoms with Gasteiger partial charge >= 0.3 is 0 Å². The van der Waals surface area contributed by atoms with Crippen LogP contribution < -0.4 is 5.32 Å². The Hall–Kier alpha value is -1.47. The second kappa shape index (κ2) is 7.35. The van der Waals surface area contributed by atoms with Gasteiger partial charge in [0.15, 0.2) is 0 Å². The van der Waals surface area contributed by atoms with Crippen molar-refractivity contribution in [2.45, 2.75) is 39.2 Å². The SMILES string of the molecule is CCCc1ccccc1NC(CC)c1cccc(Cl)c1. The van der Waals surface area contributed by atoms with Gasteiger partial charge in [0.1, 0.15) is 0 Å². The third kappa shape index (κ3) is 3.77. The van der Waals surface area contributed by atoms with Crippen molar-refractivity contribution in [2.24, 2.45) is 0 Å². The number of aryl methyl sites for hydroxylation is 1. The number of nitrogens with one attached hydrogen (secondary N) is 1. The maximum atomic E-state index is 6.10. The van der Waals surface area contributed by atoms with Crippen molar-refractivity contribution in [1.29, 1.82) is 0 Å². The lowest BCUT2D eigenvalue weighted by molar-refractivity contribution is 0.746. The van der Waals surface area contributed by atoms with Crippen LogP contribution in [0.15, 0.2) is 48.5 Å². The molecule has 0 saturated heterocycles. The summed E-state index contributed by atoms with van der Waals surface area (Å²) < 4.78 is 0. The summed E-state index contributed by atoms with van der Waals surface area (Å²) in [7, 11) is 0. The number of hydrogen-bond donors (Lipinski definition) is 1. The zero-order valence-corrected chi connectivity index (χ0v) is 13.0. The first-order chi connectivity index (χ1) is 9.74. The van der Waals surface area contributed by atoms with E-state index in [4.69, 9.17) is 11.6 Å². The van der Waals surface area contributed by atoms with Gasteiger partial charge in [0, 0.05) is 10.7 Å². The van der Waals surface area contributed by atoms with E-state index in [9.17, 15) is 0 Å². The van der Waals surface area contributed by atoms with E-state index in [0.717, 1.165) is 24.3 Å². The van der Waals surface area contributed by atoms with E-state index in [1.165, 1.54) is 16.8 Å². The molecule has 0 aliphatic carbocycles. The second-order valence-corrected chi connectivity index (χ2v) is 5.50. The number of benzene rings is 2. The molecular weight excluding hydrogens is 266 g/mol. The van der Waals surface area contributed by atoms with Crippen molar-refractivity contribution in [3.05, 3.63) is 64.7 Å². The molecule has 2 rings (SSSR count). The molecule has 1 nitrogen and oxygen atoms in total. The highest BCUT2D eigenvalue weighted by molar-refractivity contribution is 6.30. The largest absolute Gasteiger partial charge is 0.378 e. The molecule has 0 spiro atoms. The molecule has 0 bridgehead atoms. The predicted octanol–water partition coefficient (Wildman–Crippen LogP) is 5.86. The first-order valence-electron chi connectivity index (χ1n) is 7.34. The van der Waals surface area contributed by atoms with Crippen LogP contribution in [0.25, 0.3) is 0 Å². The highest BCUT2D eigenvalue weighted by Gasteiger charge is 2.11. The lowest BCUT2D eigenvalue weighted by Gasteiger charge is -2.21. The molecule has 0 heterocycles. The highest BCUT2D eigenvalue weighted by Crippen LogP contribution is 2.27. The molecule has 2 aromatic rings. The molecule has 1 atom stereocenters. The van der Waals surface area contributed by atoms with Crippen molar-refractivity contribution in [1.82, 2.24) is 0 Å². The molecule has 1 unspecified atom stereocenters. The fourth-order valence-corrected chi connectivity index (χ4v) is 2.68.